The van der Waals surface area contributed by atoms with Gasteiger partial charge in [-0.05, 0) is 19.8 Å². The van der Waals surface area contributed by atoms with Crippen molar-refractivity contribution < 1.29 is 4.79 Å². The number of hydrogen-bond donors (Lipinski definition) is 3. The zero-order valence-electron chi connectivity index (χ0n) is 11.2. The van der Waals surface area contributed by atoms with Crippen molar-refractivity contribution in [1.29, 1.82) is 0 Å². The highest BCUT2D eigenvalue weighted by atomic mass is 127. The van der Waals surface area contributed by atoms with Crippen LogP contribution in [0.25, 0.3) is 0 Å². The van der Waals surface area contributed by atoms with E-state index in [1.54, 1.807) is 7.05 Å². The van der Waals surface area contributed by atoms with Crippen molar-refractivity contribution in [3.63, 3.8) is 0 Å². The van der Waals surface area contributed by atoms with Crippen LogP contribution in [0.2, 0.25) is 0 Å². The Hall–Kier alpha value is -0.530. The molecule has 0 aromatic carbocycles. The summed E-state index contributed by atoms with van der Waals surface area (Å²) in [5.74, 6) is 0.662. The molecular formula is C11H25IN4O. The molecule has 0 saturated carbocycles. The molecule has 0 fully saturated rings. The molecule has 1 unspecified atom stereocenters. The Bertz CT molecular complexity index is 234. The van der Waals surface area contributed by atoms with Gasteiger partial charge in [-0.1, -0.05) is 13.8 Å². The van der Waals surface area contributed by atoms with E-state index in [4.69, 9.17) is 0 Å². The third-order valence-corrected chi connectivity index (χ3v) is 2.21. The second-order valence-electron chi connectivity index (χ2n) is 3.73. The van der Waals surface area contributed by atoms with E-state index >= 15 is 0 Å². The third kappa shape index (κ3) is 10.3. The normalized spacial score (nSPS) is 12.4. The molecule has 102 valence electrons. The van der Waals surface area contributed by atoms with Gasteiger partial charge in [0.05, 0.1) is 6.54 Å². The Balaban J connectivity index is 0. The number of carbonyl (C=O) groups is 1. The van der Waals surface area contributed by atoms with E-state index in [2.05, 4.69) is 34.8 Å². The second kappa shape index (κ2) is 11.9. The molecule has 3 N–H and O–H groups in total. The molecule has 0 aromatic rings. The number of aliphatic imine (C=N–C) groups is 1. The summed E-state index contributed by atoms with van der Waals surface area (Å²) in [4.78, 5) is 15.4. The molecule has 1 atom stereocenters. The Kier molecular flexibility index (Phi) is 13.2. The van der Waals surface area contributed by atoms with Gasteiger partial charge in [0.1, 0.15) is 0 Å². The zero-order valence-corrected chi connectivity index (χ0v) is 13.5. The second-order valence-corrected chi connectivity index (χ2v) is 3.73. The molecule has 5 nitrogen and oxygen atoms in total. The number of rotatable bonds is 6. The Labute approximate surface area is 121 Å². The summed E-state index contributed by atoms with van der Waals surface area (Å²) >= 11 is 0. The maximum absolute atomic E-state index is 11.3. The van der Waals surface area contributed by atoms with Gasteiger partial charge in [0, 0.05) is 19.6 Å². The van der Waals surface area contributed by atoms with E-state index in [-0.39, 0.29) is 36.4 Å². The van der Waals surface area contributed by atoms with Crippen LogP contribution in [0.1, 0.15) is 33.6 Å². The van der Waals surface area contributed by atoms with E-state index in [0.29, 0.717) is 12.0 Å². The maximum Gasteiger partial charge on any atom is 0.239 e. The minimum absolute atomic E-state index is 0. The van der Waals surface area contributed by atoms with Gasteiger partial charge >= 0.3 is 0 Å². The lowest BCUT2D eigenvalue weighted by Gasteiger charge is -2.16. The quantitative estimate of drug-likeness (QED) is 0.379. The summed E-state index contributed by atoms with van der Waals surface area (Å²) < 4.78 is 0. The fraction of sp³-hybridized carbons (Fsp3) is 0.818. The highest BCUT2D eigenvalue weighted by Crippen LogP contribution is 1.86. The first-order valence-corrected chi connectivity index (χ1v) is 5.87. The van der Waals surface area contributed by atoms with E-state index in [0.717, 1.165) is 19.4 Å². The molecule has 17 heavy (non-hydrogen) atoms. The number of carbonyl (C=O) groups excluding carboxylic acids is 1. The van der Waals surface area contributed by atoms with Gasteiger partial charge in [0.15, 0.2) is 5.96 Å². The average molecular weight is 356 g/mol. The monoisotopic (exact) mass is 356 g/mol. The molecule has 0 aliphatic heterocycles. The summed E-state index contributed by atoms with van der Waals surface area (Å²) in [5, 5.41) is 8.95. The first-order chi connectivity index (χ1) is 7.63. The van der Waals surface area contributed by atoms with Crippen LogP contribution < -0.4 is 16.0 Å². The lowest BCUT2D eigenvalue weighted by Crippen LogP contribution is -2.46. The highest BCUT2D eigenvalue weighted by molar-refractivity contribution is 14.0. The number of hydrogen-bond acceptors (Lipinski definition) is 2. The molecule has 0 saturated heterocycles. The SMILES string of the molecule is CCCNC(=O)CNC(=NC)NC(C)CC.I. The van der Waals surface area contributed by atoms with Crippen molar-refractivity contribution in [3.05, 3.63) is 0 Å². The standard InChI is InChI=1S/C11H24N4O.HI/c1-5-7-13-10(16)8-14-11(12-4)15-9(3)6-2;/h9H,5-8H2,1-4H3,(H,13,16)(H2,12,14,15);1H. The molecule has 0 rings (SSSR count). The van der Waals surface area contributed by atoms with Gasteiger partial charge in [0.25, 0.3) is 0 Å². The minimum Gasteiger partial charge on any atom is -0.355 e. The van der Waals surface area contributed by atoms with Gasteiger partial charge in [-0.3, -0.25) is 9.79 Å². The van der Waals surface area contributed by atoms with E-state index in [1.165, 1.54) is 0 Å². The highest BCUT2D eigenvalue weighted by Gasteiger charge is 2.04. The van der Waals surface area contributed by atoms with Crippen LogP contribution >= 0.6 is 24.0 Å². The molecule has 0 radical (unpaired) electrons. The fourth-order valence-electron chi connectivity index (χ4n) is 1.02. The van der Waals surface area contributed by atoms with Crippen LogP contribution in [0.15, 0.2) is 4.99 Å². The van der Waals surface area contributed by atoms with Crippen LogP contribution in [-0.4, -0.2) is 38.0 Å². The van der Waals surface area contributed by atoms with E-state index < -0.39 is 0 Å². The average Bonchev–Trinajstić information content (AvgIpc) is 2.31. The lowest BCUT2D eigenvalue weighted by molar-refractivity contribution is -0.120. The number of amides is 1. The Morgan fingerprint density at radius 3 is 2.41 bits per heavy atom. The van der Waals surface area contributed by atoms with Gasteiger partial charge in [-0.15, -0.1) is 24.0 Å². The maximum atomic E-state index is 11.3. The van der Waals surface area contributed by atoms with Gasteiger partial charge in [0.2, 0.25) is 5.91 Å². The van der Waals surface area contributed by atoms with Gasteiger partial charge in [-0.25, -0.2) is 0 Å². The van der Waals surface area contributed by atoms with Crippen LogP contribution in [0.3, 0.4) is 0 Å². The van der Waals surface area contributed by atoms with Gasteiger partial charge in [-0.2, -0.15) is 0 Å². The molecule has 1 amide bonds. The van der Waals surface area contributed by atoms with Crippen molar-refractivity contribution in [2.24, 2.45) is 4.99 Å². The van der Waals surface area contributed by atoms with Crippen molar-refractivity contribution in [2.45, 2.75) is 39.7 Å². The first-order valence-electron chi connectivity index (χ1n) is 5.87. The van der Waals surface area contributed by atoms with Crippen LogP contribution in [-0.2, 0) is 4.79 Å². The molecule has 0 aliphatic rings. The minimum atomic E-state index is -0.00560. The summed E-state index contributed by atoms with van der Waals surface area (Å²) in [7, 11) is 1.70. The number of guanidine groups is 1. The molecular weight excluding hydrogens is 331 g/mol. The predicted molar refractivity (Wildman–Crippen MR) is 83.0 cm³/mol. The van der Waals surface area contributed by atoms with Crippen molar-refractivity contribution in [3.8, 4) is 0 Å². The third-order valence-electron chi connectivity index (χ3n) is 2.21. The Morgan fingerprint density at radius 2 is 1.94 bits per heavy atom. The van der Waals surface area contributed by atoms with Crippen molar-refractivity contribution in [1.82, 2.24) is 16.0 Å². The smallest absolute Gasteiger partial charge is 0.239 e. The molecule has 0 aromatic heterocycles. The summed E-state index contributed by atoms with van der Waals surface area (Å²) in [6.45, 7) is 7.17. The molecule has 0 spiro atoms. The van der Waals surface area contributed by atoms with Crippen LogP contribution in [0.4, 0.5) is 0 Å². The first kappa shape index (κ1) is 18.8. The largest absolute Gasteiger partial charge is 0.355 e. The summed E-state index contributed by atoms with van der Waals surface area (Å²) in [6, 6.07) is 0.352. The predicted octanol–water partition coefficient (Wildman–Crippen LogP) is 1.09. The van der Waals surface area contributed by atoms with E-state index in [1.807, 2.05) is 6.92 Å². The Morgan fingerprint density at radius 1 is 1.29 bits per heavy atom. The van der Waals surface area contributed by atoms with E-state index in [9.17, 15) is 4.79 Å². The van der Waals surface area contributed by atoms with Crippen molar-refractivity contribution >= 4 is 35.8 Å². The van der Waals surface area contributed by atoms with Crippen molar-refractivity contribution in [2.75, 3.05) is 20.1 Å². The summed E-state index contributed by atoms with van der Waals surface area (Å²) in [6.07, 6.45) is 1.97. The van der Waals surface area contributed by atoms with Gasteiger partial charge < -0.3 is 16.0 Å². The fourth-order valence-corrected chi connectivity index (χ4v) is 1.02. The molecule has 0 aliphatic carbocycles. The molecule has 0 bridgehead atoms. The topological polar surface area (TPSA) is 65.5 Å². The molecule has 6 heteroatoms. The van der Waals surface area contributed by atoms with Crippen LogP contribution in [0, 0.1) is 0 Å². The zero-order chi connectivity index (χ0) is 12.4. The summed E-state index contributed by atoms with van der Waals surface area (Å²) in [5.41, 5.74) is 0. The number of nitrogens with one attached hydrogen (secondary N) is 3. The lowest BCUT2D eigenvalue weighted by atomic mass is 10.3. The number of halogens is 1. The van der Waals surface area contributed by atoms with Crippen LogP contribution in [0.5, 0.6) is 0 Å². The molecule has 0 heterocycles. The number of nitrogens with zero attached hydrogens (tertiary/aromatic N) is 1.